The summed E-state index contributed by atoms with van der Waals surface area (Å²) in [6.45, 7) is 0.347. The molecule has 2 rings (SSSR count). The summed E-state index contributed by atoms with van der Waals surface area (Å²) in [5, 5.41) is 1.69. The van der Waals surface area contributed by atoms with E-state index in [1.54, 1.807) is 11.4 Å². The van der Waals surface area contributed by atoms with Gasteiger partial charge in [0.2, 0.25) is 5.91 Å². The van der Waals surface area contributed by atoms with Crippen molar-refractivity contribution in [1.82, 2.24) is 4.31 Å². The number of hydrogen-bond acceptors (Lipinski definition) is 4. The van der Waals surface area contributed by atoms with Crippen LogP contribution in [0.3, 0.4) is 0 Å². The number of sulfonamides is 1. The predicted molar refractivity (Wildman–Crippen MR) is 68.1 cm³/mol. The van der Waals surface area contributed by atoms with Gasteiger partial charge in [0, 0.05) is 11.0 Å². The number of nitrogens with zero attached hydrogens (tertiary/aromatic N) is 1. The number of primary amides is 1. The van der Waals surface area contributed by atoms with Crippen LogP contribution in [0.25, 0.3) is 0 Å². The van der Waals surface area contributed by atoms with Crippen molar-refractivity contribution >= 4 is 43.2 Å². The lowest BCUT2D eigenvalue weighted by Crippen LogP contribution is -2.43. The van der Waals surface area contributed by atoms with E-state index in [2.05, 4.69) is 15.9 Å². The molecule has 1 saturated heterocycles. The number of carbonyl (C=O) groups is 1. The Kier molecular flexibility index (Phi) is 3.58. The first-order valence-corrected chi connectivity index (χ1v) is 8.10. The molecule has 0 aromatic carbocycles. The van der Waals surface area contributed by atoms with E-state index in [0.29, 0.717) is 23.9 Å². The van der Waals surface area contributed by atoms with E-state index in [4.69, 9.17) is 5.73 Å². The van der Waals surface area contributed by atoms with Crippen molar-refractivity contribution in [1.29, 1.82) is 0 Å². The van der Waals surface area contributed by atoms with Crippen molar-refractivity contribution in [2.45, 2.75) is 23.1 Å². The van der Waals surface area contributed by atoms with E-state index in [9.17, 15) is 13.2 Å². The Bertz CT molecular complexity index is 540. The van der Waals surface area contributed by atoms with Gasteiger partial charge in [0.05, 0.1) is 0 Å². The molecule has 5 nitrogen and oxygen atoms in total. The van der Waals surface area contributed by atoms with E-state index in [1.165, 1.54) is 4.31 Å². The molecule has 8 heteroatoms. The summed E-state index contributed by atoms with van der Waals surface area (Å²) in [6, 6.07) is 0.960. The van der Waals surface area contributed by atoms with Crippen LogP contribution in [0.2, 0.25) is 0 Å². The molecule has 1 aromatic rings. The molecule has 94 valence electrons. The van der Waals surface area contributed by atoms with E-state index < -0.39 is 22.0 Å². The second kappa shape index (κ2) is 4.68. The van der Waals surface area contributed by atoms with Gasteiger partial charge in [0.25, 0.3) is 10.0 Å². The number of halogens is 1. The van der Waals surface area contributed by atoms with Crippen molar-refractivity contribution in [3.63, 3.8) is 0 Å². The fourth-order valence-electron chi connectivity index (χ4n) is 1.88. The van der Waals surface area contributed by atoms with Crippen LogP contribution in [0.15, 0.2) is 20.1 Å². The Morgan fingerprint density at radius 1 is 1.59 bits per heavy atom. The molecule has 17 heavy (non-hydrogen) atoms. The third-order valence-electron chi connectivity index (χ3n) is 2.66. The molecule has 1 atom stereocenters. The minimum absolute atomic E-state index is 0.227. The smallest absolute Gasteiger partial charge is 0.254 e. The van der Waals surface area contributed by atoms with Gasteiger partial charge in [-0.1, -0.05) is 0 Å². The number of rotatable bonds is 3. The van der Waals surface area contributed by atoms with Crippen molar-refractivity contribution in [3.8, 4) is 0 Å². The second-order valence-corrected chi connectivity index (χ2v) is 7.59. The van der Waals surface area contributed by atoms with Gasteiger partial charge in [-0.15, -0.1) is 11.3 Å². The molecule has 1 aliphatic rings. The van der Waals surface area contributed by atoms with Crippen molar-refractivity contribution in [2.24, 2.45) is 5.73 Å². The van der Waals surface area contributed by atoms with E-state index in [0.717, 1.165) is 11.3 Å². The monoisotopic (exact) mass is 338 g/mol. The highest BCUT2D eigenvalue weighted by molar-refractivity contribution is 9.10. The summed E-state index contributed by atoms with van der Waals surface area (Å²) in [4.78, 5) is 11.2. The molecule has 0 bridgehead atoms. The highest BCUT2D eigenvalue weighted by Gasteiger charge is 2.39. The van der Waals surface area contributed by atoms with Crippen LogP contribution in [-0.4, -0.2) is 31.2 Å². The Morgan fingerprint density at radius 3 is 2.82 bits per heavy atom. The predicted octanol–water partition coefficient (Wildman–Crippen LogP) is 1.15. The molecule has 1 aliphatic heterocycles. The maximum atomic E-state index is 12.3. The molecule has 1 fully saturated rings. The molecule has 2 heterocycles. The second-order valence-electron chi connectivity index (χ2n) is 3.73. The lowest BCUT2D eigenvalue weighted by molar-refractivity contribution is -0.121. The SMILES string of the molecule is NC(=O)C1CCCN1S(=O)(=O)c1sccc1Br. The summed E-state index contributed by atoms with van der Waals surface area (Å²) in [5.41, 5.74) is 5.22. The zero-order chi connectivity index (χ0) is 12.6. The van der Waals surface area contributed by atoms with Gasteiger partial charge in [-0.25, -0.2) is 8.42 Å². The van der Waals surface area contributed by atoms with E-state index >= 15 is 0 Å². The van der Waals surface area contributed by atoms with Crippen LogP contribution in [0.4, 0.5) is 0 Å². The highest BCUT2D eigenvalue weighted by Crippen LogP contribution is 2.33. The van der Waals surface area contributed by atoms with Gasteiger partial charge in [0.1, 0.15) is 10.3 Å². The first kappa shape index (κ1) is 13.0. The zero-order valence-electron chi connectivity index (χ0n) is 8.80. The lowest BCUT2D eigenvalue weighted by Gasteiger charge is -2.20. The van der Waals surface area contributed by atoms with Gasteiger partial charge in [0.15, 0.2) is 0 Å². The zero-order valence-corrected chi connectivity index (χ0v) is 12.0. The molecule has 0 spiro atoms. The maximum absolute atomic E-state index is 12.3. The third-order valence-corrected chi connectivity index (χ3v) is 7.21. The van der Waals surface area contributed by atoms with Gasteiger partial charge >= 0.3 is 0 Å². The minimum atomic E-state index is -3.62. The number of nitrogens with two attached hydrogens (primary N) is 1. The normalized spacial score (nSPS) is 21.8. The molecule has 0 aliphatic carbocycles. The molecule has 0 radical (unpaired) electrons. The molecular formula is C9H11BrN2O3S2. The Hall–Kier alpha value is -0.440. The van der Waals surface area contributed by atoms with Gasteiger partial charge in [-0.05, 0) is 40.2 Å². The average Bonchev–Trinajstić information content (AvgIpc) is 2.84. The first-order chi connectivity index (χ1) is 7.94. The first-order valence-electron chi connectivity index (χ1n) is 4.98. The van der Waals surface area contributed by atoms with E-state index in [1.807, 2.05) is 0 Å². The fourth-order valence-corrected chi connectivity index (χ4v) is 5.97. The maximum Gasteiger partial charge on any atom is 0.254 e. The largest absolute Gasteiger partial charge is 0.368 e. The lowest BCUT2D eigenvalue weighted by atomic mass is 10.2. The number of carbonyl (C=O) groups excluding carboxylic acids is 1. The molecule has 1 unspecified atom stereocenters. The third kappa shape index (κ3) is 2.26. The summed E-state index contributed by atoms with van der Waals surface area (Å²) in [7, 11) is -3.62. The molecule has 1 aromatic heterocycles. The molecule has 2 N–H and O–H groups in total. The Balaban J connectivity index is 2.40. The number of amides is 1. The van der Waals surface area contributed by atoms with Crippen LogP contribution in [0.5, 0.6) is 0 Å². The molecular weight excluding hydrogens is 328 g/mol. The topological polar surface area (TPSA) is 80.5 Å². The number of thiophene rings is 1. The minimum Gasteiger partial charge on any atom is -0.368 e. The summed E-state index contributed by atoms with van der Waals surface area (Å²) < 4.78 is 26.6. The molecule has 0 saturated carbocycles. The van der Waals surface area contributed by atoms with Crippen LogP contribution < -0.4 is 5.73 Å². The Morgan fingerprint density at radius 2 is 2.29 bits per heavy atom. The Labute approximate surface area is 112 Å². The standard InChI is InChI=1S/C9H11BrN2O3S2/c10-6-3-5-16-9(6)17(14,15)12-4-1-2-7(12)8(11)13/h3,5,7H,1-2,4H2,(H2,11,13). The summed E-state index contributed by atoms with van der Waals surface area (Å²) >= 11 is 4.32. The quantitative estimate of drug-likeness (QED) is 0.897. The average molecular weight is 339 g/mol. The molecule has 1 amide bonds. The van der Waals surface area contributed by atoms with Crippen LogP contribution in [-0.2, 0) is 14.8 Å². The summed E-state index contributed by atoms with van der Waals surface area (Å²) in [5.74, 6) is -0.584. The van der Waals surface area contributed by atoms with Crippen LogP contribution >= 0.6 is 27.3 Å². The number of hydrogen-bond donors (Lipinski definition) is 1. The van der Waals surface area contributed by atoms with Gasteiger partial charge in [-0.2, -0.15) is 4.31 Å². The van der Waals surface area contributed by atoms with Gasteiger partial charge < -0.3 is 5.73 Å². The van der Waals surface area contributed by atoms with Crippen LogP contribution in [0, 0.1) is 0 Å². The van der Waals surface area contributed by atoms with Gasteiger partial charge in [-0.3, -0.25) is 4.79 Å². The van der Waals surface area contributed by atoms with E-state index in [-0.39, 0.29) is 4.21 Å². The fraction of sp³-hybridized carbons (Fsp3) is 0.444. The van der Waals surface area contributed by atoms with Crippen molar-refractivity contribution in [2.75, 3.05) is 6.54 Å². The van der Waals surface area contributed by atoms with Crippen molar-refractivity contribution < 1.29 is 13.2 Å². The van der Waals surface area contributed by atoms with Crippen LogP contribution in [0.1, 0.15) is 12.8 Å². The van der Waals surface area contributed by atoms with Crippen molar-refractivity contribution in [3.05, 3.63) is 15.9 Å². The highest BCUT2D eigenvalue weighted by atomic mass is 79.9. The summed E-state index contributed by atoms with van der Waals surface area (Å²) in [6.07, 6.45) is 1.16.